The fourth-order valence-electron chi connectivity index (χ4n) is 3.56. The monoisotopic (exact) mass is 291 g/mol. The van der Waals surface area contributed by atoms with Crippen molar-refractivity contribution in [2.75, 3.05) is 0 Å². The van der Waals surface area contributed by atoms with Gasteiger partial charge < -0.3 is 5.32 Å². The molecule has 21 heavy (non-hydrogen) atoms. The van der Waals surface area contributed by atoms with Crippen LogP contribution in [-0.2, 0) is 0 Å². The van der Waals surface area contributed by atoms with Crippen molar-refractivity contribution in [3.63, 3.8) is 0 Å². The highest BCUT2D eigenvalue weighted by atomic mass is 19.1. The summed E-state index contributed by atoms with van der Waals surface area (Å²) in [5, 5.41) is 3.69. The molecule has 1 aliphatic carbocycles. The first kappa shape index (κ1) is 16.5. The lowest BCUT2D eigenvalue weighted by molar-refractivity contribution is 0.134. The lowest BCUT2D eigenvalue weighted by Crippen LogP contribution is -2.38. The molecule has 0 amide bonds. The van der Waals surface area contributed by atoms with Crippen LogP contribution in [0.2, 0.25) is 0 Å². The van der Waals surface area contributed by atoms with E-state index >= 15 is 0 Å². The van der Waals surface area contributed by atoms with Crippen LogP contribution in [0.15, 0.2) is 24.3 Å². The predicted molar refractivity (Wildman–Crippen MR) is 87.8 cm³/mol. The van der Waals surface area contributed by atoms with Gasteiger partial charge in [-0.15, -0.1) is 0 Å². The summed E-state index contributed by atoms with van der Waals surface area (Å²) < 4.78 is 13.3. The lowest BCUT2D eigenvalue weighted by Gasteiger charge is -2.39. The average Bonchev–Trinajstić information content (AvgIpc) is 2.48. The van der Waals surface area contributed by atoms with Gasteiger partial charge in [-0.25, -0.2) is 4.39 Å². The van der Waals surface area contributed by atoms with Crippen molar-refractivity contribution in [1.82, 2.24) is 5.32 Å². The molecule has 1 aromatic rings. The van der Waals surface area contributed by atoms with Crippen molar-refractivity contribution >= 4 is 0 Å². The van der Waals surface area contributed by atoms with Gasteiger partial charge in [0.25, 0.3) is 0 Å². The molecule has 1 N–H and O–H groups in total. The van der Waals surface area contributed by atoms with E-state index in [1.54, 1.807) is 12.1 Å². The fraction of sp³-hybridized carbons (Fsp3) is 0.684. The first-order chi connectivity index (χ1) is 9.92. The molecule has 0 saturated heterocycles. The lowest BCUT2D eigenvalue weighted by atomic mass is 9.69. The van der Waals surface area contributed by atoms with Gasteiger partial charge in [-0.1, -0.05) is 39.3 Å². The van der Waals surface area contributed by atoms with Crippen LogP contribution in [0.4, 0.5) is 4.39 Å². The molecule has 0 spiro atoms. The van der Waals surface area contributed by atoms with E-state index in [9.17, 15) is 4.39 Å². The quantitative estimate of drug-likeness (QED) is 0.758. The Kier molecular flexibility index (Phi) is 5.43. The molecule has 1 fully saturated rings. The van der Waals surface area contributed by atoms with Gasteiger partial charge in [0, 0.05) is 12.1 Å². The molecule has 0 radical (unpaired) electrons. The molecular formula is C19H30FN. The molecule has 1 atom stereocenters. The molecule has 1 aromatic carbocycles. The molecule has 1 aliphatic rings. The second-order valence-electron chi connectivity index (χ2n) is 7.33. The maximum absolute atomic E-state index is 13.3. The standard InChI is InChI=1S/C19H30FN/c1-5-19(3,4)16-9-11-18(12-10-16)21-14(2)15-7-6-8-17(20)13-15/h6-8,13-14,16,18,21H,5,9-12H2,1-4H3/t14-,16?,18?/m0/s1. The van der Waals surface area contributed by atoms with Gasteiger partial charge in [0.15, 0.2) is 0 Å². The van der Waals surface area contributed by atoms with Gasteiger partial charge >= 0.3 is 0 Å². The number of halogens is 1. The summed E-state index contributed by atoms with van der Waals surface area (Å²) in [6, 6.07) is 7.75. The van der Waals surface area contributed by atoms with Crippen molar-refractivity contribution in [3.05, 3.63) is 35.6 Å². The minimum atomic E-state index is -0.144. The van der Waals surface area contributed by atoms with Crippen LogP contribution in [0.1, 0.15) is 71.4 Å². The zero-order valence-corrected chi connectivity index (χ0v) is 14.0. The summed E-state index contributed by atoms with van der Waals surface area (Å²) in [5.41, 5.74) is 1.52. The Morgan fingerprint density at radius 3 is 2.48 bits per heavy atom. The highest BCUT2D eigenvalue weighted by molar-refractivity contribution is 5.19. The topological polar surface area (TPSA) is 12.0 Å². The van der Waals surface area contributed by atoms with E-state index in [2.05, 4.69) is 33.0 Å². The summed E-state index contributed by atoms with van der Waals surface area (Å²) >= 11 is 0. The van der Waals surface area contributed by atoms with Crippen molar-refractivity contribution in [3.8, 4) is 0 Å². The summed E-state index contributed by atoms with van der Waals surface area (Å²) in [7, 11) is 0. The van der Waals surface area contributed by atoms with E-state index in [4.69, 9.17) is 0 Å². The zero-order valence-electron chi connectivity index (χ0n) is 14.0. The van der Waals surface area contributed by atoms with Crippen LogP contribution >= 0.6 is 0 Å². The Labute approximate surface area is 129 Å². The minimum Gasteiger partial charge on any atom is -0.307 e. The normalized spacial score (nSPS) is 24.8. The van der Waals surface area contributed by atoms with Gasteiger partial charge in [0.1, 0.15) is 5.82 Å². The number of rotatable bonds is 5. The molecule has 118 valence electrons. The zero-order chi connectivity index (χ0) is 15.5. The molecule has 0 aromatic heterocycles. The van der Waals surface area contributed by atoms with Crippen LogP contribution in [-0.4, -0.2) is 6.04 Å². The maximum atomic E-state index is 13.3. The largest absolute Gasteiger partial charge is 0.307 e. The van der Waals surface area contributed by atoms with Crippen LogP contribution in [0, 0.1) is 17.2 Å². The molecule has 2 rings (SSSR count). The minimum absolute atomic E-state index is 0.144. The third-order valence-electron chi connectivity index (χ3n) is 5.58. The predicted octanol–water partition coefficient (Wildman–Crippen LogP) is 5.47. The molecular weight excluding hydrogens is 261 g/mol. The van der Waals surface area contributed by atoms with E-state index in [0.717, 1.165) is 11.5 Å². The van der Waals surface area contributed by atoms with Crippen molar-refractivity contribution in [2.45, 2.75) is 71.9 Å². The Morgan fingerprint density at radius 1 is 1.24 bits per heavy atom. The molecule has 1 nitrogen and oxygen atoms in total. The molecule has 0 bridgehead atoms. The molecule has 0 heterocycles. The van der Waals surface area contributed by atoms with Gasteiger partial charge in [-0.2, -0.15) is 0 Å². The molecule has 1 saturated carbocycles. The number of hydrogen-bond donors (Lipinski definition) is 1. The number of hydrogen-bond acceptors (Lipinski definition) is 1. The summed E-state index contributed by atoms with van der Waals surface area (Å²) in [6.45, 7) is 9.24. The third kappa shape index (κ3) is 4.29. The van der Waals surface area contributed by atoms with Gasteiger partial charge in [0.05, 0.1) is 0 Å². The highest BCUT2D eigenvalue weighted by Crippen LogP contribution is 2.40. The highest BCUT2D eigenvalue weighted by Gasteiger charge is 2.32. The average molecular weight is 291 g/mol. The number of benzene rings is 1. The van der Waals surface area contributed by atoms with E-state index in [0.29, 0.717) is 11.5 Å². The molecule has 0 unspecified atom stereocenters. The summed E-state index contributed by atoms with van der Waals surface area (Å²) in [4.78, 5) is 0. The fourth-order valence-corrected chi connectivity index (χ4v) is 3.56. The maximum Gasteiger partial charge on any atom is 0.123 e. The smallest absolute Gasteiger partial charge is 0.123 e. The van der Waals surface area contributed by atoms with Crippen LogP contribution in [0.25, 0.3) is 0 Å². The summed E-state index contributed by atoms with van der Waals surface area (Å²) in [5.74, 6) is 0.708. The third-order valence-corrected chi connectivity index (χ3v) is 5.58. The first-order valence-electron chi connectivity index (χ1n) is 8.44. The Balaban J connectivity index is 1.86. The Bertz CT molecular complexity index is 447. The van der Waals surface area contributed by atoms with Crippen molar-refractivity contribution in [1.29, 1.82) is 0 Å². The van der Waals surface area contributed by atoms with E-state index < -0.39 is 0 Å². The van der Waals surface area contributed by atoms with E-state index in [1.165, 1.54) is 38.2 Å². The van der Waals surface area contributed by atoms with Crippen molar-refractivity contribution < 1.29 is 4.39 Å². The SMILES string of the molecule is CCC(C)(C)C1CCC(N[C@@H](C)c2cccc(F)c2)CC1. The van der Waals surface area contributed by atoms with E-state index in [-0.39, 0.29) is 11.9 Å². The van der Waals surface area contributed by atoms with Crippen LogP contribution < -0.4 is 5.32 Å². The van der Waals surface area contributed by atoms with Gasteiger partial charge in [-0.05, 0) is 61.6 Å². The second kappa shape index (κ2) is 6.91. The number of nitrogens with one attached hydrogen (secondary N) is 1. The van der Waals surface area contributed by atoms with E-state index in [1.807, 2.05) is 6.07 Å². The Hall–Kier alpha value is -0.890. The first-order valence-corrected chi connectivity index (χ1v) is 8.44. The van der Waals surface area contributed by atoms with Crippen LogP contribution in [0.3, 0.4) is 0 Å². The van der Waals surface area contributed by atoms with Crippen molar-refractivity contribution in [2.24, 2.45) is 11.3 Å². The van der Waals surface area contributed by atoms with Gasteiger partial charge in [0.2, 0.25) is 0 Å². The Morgan fingerprint density at radius 2 is 1.90 bits per heavy atom. The molecule has 0 aliphatic heterocycles. The van der Waals surface area contributed by atoms with Gasteiger partial charge in [-0.3, -0.25) is 0 Å². The van der Waals surface area contributed by atoms with Crippen LogP contribution in [0.5, 0.6) is 0 Å². The molecule has 2 heteroatoms. The summed E-state index contributed by atoms with van der Waals surface area (Å²) in [6.07, 6.45) is 6.37. The second-order valence-corrected chi connectivity index (χ2v) is 7.33.